The Morgan fingerprint density at radius 1 is 0.900 bits per heavy atom. The summed E-state index contributed by atoms with van der Waals surface area (Å²) in [5.74, 6) is -0.293. The second-order valence-corrected chi connectivity index (χ2v) is 12.9. The molecule has 0 bridgehead atoms. The molecule has 2 atom stereocenters. The third-order valence-electron chi connectivity index (χ3n) is 5.33. The fourth-order valence-corrected chi connectivity index (χ4v) is 3.84. The molecule has 226 valence electrons. The lowest BCUT2D eigenvalue weighted by Crippen LogP contribution is -2.47. The van der Waals surface area contributed by atoms with Gasteiger partial charge < -0.3 is 14.2 Å². The molecule has 8 nitrogen and oxygen atoms in total. The highest BCUT2D eigenvalue weighted by Gasteiger charge is 2.41. The van der Waals surface area contributed by atoms with Crippen LogP contribution in [0.1, 0.15) is 93.6 Å². The van der Waals surface area contributed by atoms with Gasteiger partial charge in [0, 0.05) is 18.5 Å². The van der Waals surface area contributed by atoms with E-state index in [0.29, 0.717) is 16.9 Å². The molecule has 40 heavy (non-hydrogen) atoms. The van der Waals surface area contributed by atoms with Crippen molar-refractivity contribution in [2.45, 2.75) is 111 Å². The van der Waals surface area contributed by atoms with Crippen LogP contribution in [0.25, 0.3) is 0 Å². The smallest absolute Gasteiger partial charge is 0.420 e. The number of halogens is 1. The van der Waals surface area contributed by atoms with Gasteiger partial charge in [0.25, 0.3) is 0 Å². The van der Waals surface area contributed by atoms with Crippen molar-refractivity contribution < 1.29 is 33.0 Å². The van der Waals surface area contributed by atoms with Gasteiger partial charge in [0.2, 0.25) is 0 Å². The SMILES string of the molecule is C=CCN(CCC)C1CC1c1ccc(F)cc1.CC(C)(C)OC(=O)CN(C(=O)OC(C)(C)C)C(=O)OC(C)(C)C. The van der Waals surface area contributed by atoms with Gasteiger partial charge in [-0.2, -0.15) is 0 Å². The number of esters is 1. The van der Waals surface area contributed by atoms with Crippen molar-refractivity contribution in [2.75, 3.05) is 19.6 Å². The van der Waals surface area contributed by atoms with Crippen LogP contribution in [-0.4, -0.2) is 70.4 Å². The van der Waals surface area contributed by atoms with Crippen LogP contribution in [0.4, 0.5) is 14.0 Å². The minimum atomic E-state index is -0.961. The summed E-state index contributed by atoms with van der Waals surface area (Å²) in [6.45, 7) is 22.5. The average molecular weight is 565 g/mol. The molecule has 9 heteroatoms. The standard InChI is InChI=1S/C16H29NO6.C15H20FN/c1-14(2,3)21-11(18)10-17(12(19)22-15(4,5)6)13(20)23-16(7,8)9;1-3-9-17(10-4-2)15-11-14(15)12-5-7-13(16)8-6-12/h10H2,1-9H3;3,5-8,14-15H,1,4,9-11H2,2H3. The van der Waals surface area contributed by atoms with Crippen LogP contribution in [0.2, 0.25) is 0 Å². The van der Waals surface area contributed by atoms with Gasteiger partial charge >= 0.3 is 18.2 Å². The first-order valence-electron chi connectivity index (χ1n) is 13.8. The number of amides is 2. The van der Waals surface area contributed by atoms with Gasteiger partial charge in [-0.15, -0.1) is 6.58 Å². The fraction of sp³-hybridized carbons (Fsp3) is 0.645. The van der Waals surface area contributed by atoms with E-state index in [1.165, 1.54) is 18.4 Å². The van der Waals surface area contributed by atoms with Crippen molar-refractivity contribution in [3.8, 4) is 0 Å². The van der Waals surface area contributed by atoms with E-state index in [4.69, 9.17) is 14.2 Å². The largest absolute Gasteiger partial charge is 0.459 e. The molecule has 1 fully saturated rings. The molecular weight excluding hydrogens is 515 g/mol. The van der Waals surface area contributed by atoms with E-state index in [1.807, 2.05) is 18.2 Å². The Bertz CT molecular complexity index is 961. The Morgan fingerprint density at radius 3 is 1.77 bits per heavy atom. The van der Waals surface area contributed by atoms with Crippen molar-refractivity contribution in [2.24, 2.45) is 0 Å². The molecule has 0 aromatic heterocycles. The van der Waals surface area contributed by atoms with E-state index in [0.717, 1.165) is 13.1 Å². The average Bonchev–Trinajstić information content (AvgIpc) is 3.55. The molecule has 0 aliphatic heterocycles. The van der Waals surface area contributed by atoms with Crippen LogP contribution in [0.5, 0.6) is 0 Å². The zero-order valence-corrected chi connectivity index (χ0v) is 26.0. The normalized spacial score (nSPS) is 16.8. The van der Waals surface area contributed by atoms with Gasteiger partial charge in [0.05, 0.1) is 0 Å². The fourth-order valence-electron chi connectivity index (χ4n) is 3.84. The van der Waals surface area contributed by atoms with Crippen LogP contribution in [0.15, 0.2) is 36.9 Å². The Labute approximate surface area is 239 Å². The number of hydrogen-bond acceptors (Lipinski definition) is 7. The number of benzene rings is 1. The molecule has 2 unspecified atom stereocenters. The van der Waals surface area contributed by atoms with Gasteiger partial charge in [-0.3, -0.25) is 9.69 Å². The third-order valence-corrected chi connectivity index (χ3v) is 5.33. The van der Waals surface area contributed by atoms with Crippen molar-refractivity contribution in [3.63, 3.8) is 0 Å². The summed E-state index contributed by atoms with van der Waals surface area (Å²) >= 11 is 0. The summed E-state index contributed by atoms with van der Waals surface area (Å²) in [4.78, 5) is 39.4. The summed E-state index contributed by atoms with van der Waals surface area (Å²) in [5.41, 5.74) is -1.09. The summed E-state index contributed by atoms with van der Waals surface area (Å²) in [6.07, 6.45) is 2.41. The van der Waals surface area contributed by atoms with Gasteiger partial charge in [-0.1, -0.05) is 25.1 Å². The summed E-state index contributed by atoms with van der Waals surface area (Å²) < 4.78 is 28.3. The van der Waals surface area contributed by atoms with Crippen LogP contribution in [0.3, 0.4) is 0 Å². The Kier molecular flexibility index (Phi) is 12.8. The molecular formula is C31H49FN2O6. The van der Waals surface area contributed by atoms with Gasteiger partial charge in [0.15, 0.2) is 0 Å². The van der Waals surface area contributed by atoms with Crippen molar-refractivity contribution in [1.29, 1.82) is 0 Å². The predicted molar refractivity (Wildman–Crippen MR) is 155 cm³/mol. The molecule has 1 aromatic rings. The lowest BCUT2D eigenvalue weighted by molar-refractivity contribution is -0.155. The maximum Gasteiger partial charge on any atom is 0.420 e. The number of imide groups is 1. The number of carbonyl (C=O) groups is 3. The minimum absolute atomic E-state index is 0.151. The van der Waals surface area contributed by atoms with Crippen LogP contribution < -0.4 is 0 Å². The Balaban J connectivity index is 0.000000415. The van der Waals surface area contributed by atoms with Crippen molar-refractivity contribution in [3.05, 3.63) is 48.3 Å². The van der Waals surface area contributed by atoms with E-state index < -0.39 is 41.5 Å². The van der Waals surface area contributed by atoms with Crippen LogP contribution in [-0.2, 0) is 19.0 Å². The van der Waals surface area contributed by atoms with E-state index in [9.17, 15) is 18.8 Å². The highest BCUT2D eigenvalue weighted by atomic mass is 19.1. The first kappa shape index (κ1) is 35.1. The van der Waals surface area contributed by atoms with Crippen molar-refractivity contribution in [1.82, 2.24) is 9.80 Å². The molecule has 0 saturated heterocycles. The highest BCUT2D eigenvalue weighted by molar-refractivity contribution is 5.92. The van der Waals surface area contributed by atoms with E-state index in [2.05, 4.69) is 18.4 Å². The molecule has 0 N–H and O–H groups in total. The second kappa shape index (κ2) is 14.6. The maximum absolute atomic E-state index is 12.8. The number of ether oxygens (including phenoxy) is 3. The number of nitrogens with zero attached hydrogens (tertiary/aromatic N) is 2. The topological polar surface area (TPSA) is 85.4 Å². The summed E-state index contributed by atoms with van der Waals surface area (Å²) in [6, 6.07) is 7.57. The first-order valence-corrected chi connectivity index (χ1v) is 13.8. The molecule has 2 amide bonds. The number of hydrogen-bond donors (Lipinski definition) is 0. The Morgan fingerprint density at radius 2 is 1.38 bits per heavy atom. The molecule has 1 aliphatic rings. The molecule has 2 rings (SSSR count). The maximum atomic E-state index is 12.8. The predicted octanol–water partition coefficient (Wildman–Crippen LogP) is 7.08. The molecule has 0 heterocycles. The van der Waals surface area contributed by atoms with Crippen LogP contribution >= 0.6 is 0 Å². The molecule has 1 aromatic carbocycles. The quantitative estimate of drug-likeness (QED) is 0.189. The number of rotatable bonds is 8. The molecule has 1 aliphatic carbocycles. The van der Waals surface area contributed by atoms with E-state index in [1.54, 1.807) is 74.4 Å². The highest BCUT2D eigenvalue weighted by Crippen LogP contribution is 2.44. The number of carbonyl (C=O) groups excluding carboxylic acids is 3. The zero-order valence-electron chi connectivity index (χ0n) is 26.0. The lowest BCUT2D eigenvalue weighted by atomic mass is 10.1. The van der Waals surface area contributed by atoms with Gasteiger partial charge in [-0.05, 0) is 99.4 Å². The van der Waals surface area contributed by atoms with Crippen LogP contribution in [0, 0.1) is 5.82 Å². The monoisotopic (exact) mass is 564 g/mol. The lowest BCUT2D eigenvalue weighted by Gasteiger charge is -2.29. The van der Waals surface area contributed by atoms with Gasteiger partial charge in [-0.25, -0.2) is 18.9 Å². The Hall–Kier alpha value is -2.94. The third kappa shape index (κ3) is 13.9. The van der Waals surface area contributed by atoms with E-state index >= 15 is 0 Å². The molecule has 1 saturated carbocycles. The summed E-state index contributed by atoms with van der Waals surface area (Å²) in [5, 5.41) is 0. The van der Waals surface area contributed by atoms with Gasteiger partial charge in [0.1, 0.15) is 29.2 Å². The second-order valence-electron chi connectivity index (χ2n) is 12.9. The summed E-state index contributed by atoms with van der Waals surface area (Å²) in [7, 11) is 0. The first-order chi connectivity index (χ1) is 18.3. The minimum Gasteiger partial charge on any atom is -0.459 e. The zero-order chi connectivity index (χ0) is 30.9. The van der Waals surface area contributed by atoms with E-state index in [-0.39, 0.29) is 5.82 Å². The molecule has 0 radical (unpaired) electrons. The molecule has 0 spiro atoms. The van der Waals surface area contributed by atoms with Crippen molar-refractivity contribution >= 4 is 18.2 Å².